The third-order valence-corrected chi connectivity index (χ3v) is 2.25. The second-order valence-corrected chi connectivity index (χ2v) is 3.62. The Morgan fingerprint density at radius 2 is 2.33 bits per heavy atom. The van der Waals surface area contributed by atoms with Crippen molar-refractivity contribution >= 4 is 15.9 Å². The zero-order chi connectivity index (χ0) is 8.55. The van der Waals surface area contributed by atoms with E-state index in [1.54, 1.807) is 0 Å². The summed E-state index contributed by atoms with van der Waals surface area (Å²) in [6, 6.07) is 0. The highest BCUT2D eigenvalue weighted by Crippen LogP contribution is 2.31. The summed E-state index contributed by atoms with van der Waals surface area (Å²) in [4.78, 5) is 4.04. The van der Waals surface area contributed by atoms with E-state index in [-0.39, 0.29) is 6.10 Å². The molecule has 12 heavy (non-hydrogen) atoms. The zero-order valence-corrected chi connectivity index (χ0v) is 8.24. The number of rotatable bonds is 1. The Morgan fingerprint density at radius 1 is 1.50 bits per heavy atom. The van der Waals surface area contributed by atoms with Gasteiger partial charge >= 0.3 is 0 Å². The lowest BCUT2D eigenvalue weighted by Gasteiger charge is -2.04. The van der Waals surface area contributed by atoms with Crippen molar-refractivity contribution in [2.24, 2.45) is 0 Å². The summed E-state index contributed by atoms with van der Waals surface area (Å²) in [5, 5.41) is 3.64. The van der Waals surface area contributed by atoms with E-state index in [1.807, 2.05) is 6.92 Å². The van der Waals surface area contributed by atoms with E-state index in [4.69, 9.17) is 9.26 Å². The van der Waals surface area contributed by atoms with Crippen LogP contribution in [0.15, 0.2) is 9.26 Å². The highest BCUT2D eigenvalue weighted by Gasteiger charge is 2.27. The topological polar surface area (TPSA) is 48.2 Å². The predicted octanol–water partition coefficient (Wildman–Crippen LogP) is 2.07. The van der Waals surface area contributed by atoms with E-state index >= 15 is 0 Å². The van der Waals surface area contributed by atoms with Gasteiger partial charge in [-0.1, -0.05) is 0 Å². The summed E-state index contributed by atoms with van der Waals surface area (Å²) in [6.45, 7) is 2.05. The molecule has 0 radical (unpaired) electrons. The number of aromatic nitrogens is 2. The highest BCUT2D eigenvalue weighted by molar-refractivity contribution is 9.10. The van der Waals surface area contributed by atoms with E-state index in [2.05, 4.69) is 26.1 Å². The second-order valence-electron chi connectivity index (χ2n) is 2.91. The van der Waals surface area contributed by atoms with Gasteiger partial charge in [0.25, 0.3) is 5.89 Å². The first-order valence-electron chi connectivity index (χ1n) is 3.90. The van der Waals surface area contributed by atoms with Crippen LogP contribution in [0.4, 0.5) is 0 Å². The fourth-order valence-electron chi connectivity index (χ4n) is 1.33. The molecule has 0 saturated carbocycles. The second kappa shape index (κ2) is 3.14. The maximum absolute atomic E-state index is 5.54. The monoisotopic (exact) mass is 232 g/mol. The van der Waals surface area contributed by atoms with Gasteiger partial charge in [-0.2, -0.15) is 4.98 Å². The minimum atomic E-state index is -0.00111. The van der Waals surface area contributed by atoms with Gasteiger partial charge in [-0.25, -0.2) is 0 Å². The number of hydrogen-bond acceptors (Lipinski definition) is 4. The standard InChI is InChI=1S/C7H9BrN2O2/c1-4-2-3-5(11-4)6-9-7(8)10-12-6/h4-5H,2-3H2,1H3. The average molecular weight is 233 g/mol. The van der Waals surface area contributed by atoms with Crippen molar-refractivity contribution in [3.8, 4) is 0 Å². The predicted molar refractivity (Wildman–Crippen MR) is 44.5 cm³/mol. The van der Waals surface area contributed by atoms with Crippen LogP contribution in [0.25, 0.3) is 0 Å². The lowest BCUT2D eigenvalue weighted by molar-refractivity contribution is 0.0355. The van der Waals surface area contributed by atoms with E-state index in [1.165, 1.54) is 0 Å². The molecule has 0 spiro atoms. The van der Waals surface area contributed by atoms with Crippen LogP contribution in [0.3, 0.4) is 0 Å². The Bertz CT molecular complexity index is 276. The molecular formula is C7H9BrN2O2. The molecule has 5 heteroatoms. The third-order valence-electron chi connectivity index (χ3n) is 1.92. The van der Waals surface area contributed by atoms with Crippen LogP contribution < -0.4 is 0 Å². The number of hydrogen-bond donors (Lipinski definition) is 0. The van der Waals surface area contributed by atoms with Gasteiger partial charge in [-0.05, 0) is 40.9 Å². The molecule has 4 nitrogen and oxygen atoms in total. The fraction of sp³-hybridized carbons (Fsp3) is 0.714. The van der Waals surface area contributed by atoms with E-state index in [0.717, 1.165) is 12.8 Å². The maximum atomic E-state index is 5.54. The van der Waals surface area contributed by atoms with E-state index in [0.29, 0.717) is 16.7 Å². The molecule has 0 aliphatic carbocycles. The van der Waals surface area contributed by atoms with Gasteiger partial charge in [0.2, 0.25) is 4.73 Å². The Morgan fingerprint density at radius 3 is 2.83 bits per heavy atom. The molecule has 1 aliphatic rings. The molecule has 2 heterocycles. The van der Waals surface area contributed by atoms with Crippen molar-refractivity contribution in [3.05, 3.63) is 10.6 Å². The fourth-order valence-corrected chi connectivity index (χ4v) is 1.58. The Kier molecular flexibility index (Phi) is 2.14. The molecule has 1 aliphatic heterocycles. The van der Waals surface area contributed by atoms with E-state index in [9.17, 15) is 0 Å². The zero-order valence-electron chi connectivity index (χ0n) is 6.66. The molecule has 1 saturated heterocycles. The minimum Gasteiger partial charge on any atom is -0.365 e. The summed E-state index contributed by atoms with van der Waals surface area (Å²) in [5.74, 6) is 0.575. The normalized spacial score (nSPS) is 29.5. The summed E-state index contributed by atoms with van der Waals surface area (Å²) in [7, 11) is 0. The molecule has 0 aromatic carbocycles. The third kappa shape index (κ3) is 1.51. The largest absolute Gasteiger partial charge is 0.365 e. The summed E-state index contributed by atoms with van der Waals surface area (Å²) < 4.78 is 11.0. The molecule has 1 fully saturated rings. The van der Waals surface area contributed by atoms with Crippen LogP contribution in [0.5, 0.6) is 0 Å². The summed E-state index contributed by atoms with van der Waals surface area (Å²) in [5.41, 5.74) is 0. The number of ether oxygens (including phenoxy) is 1. The Labute approximate surface area is 78.4 Å². The molecule has 66 valence electrons. The molecule has 0 amide bonds. The number of nitrogens with zero attached hydrogens (tertiary/aromatic N) is 2. The van der Waals surface area contributed by atoms with Gasteiger partial charge in [-0.3, -0.25) is 0 Å². The quantitative estimate of drug-likeness (QED) is 0.744. The minimum absolute atomic E-state index is 0.00111. The van der Waals surface area contributed by atoms with Crippen molar-refractivity contribution in [1.82, 2.24) is 10.1 Å². The van der Waals surface area contributed by atoms with Crippen LogP contribution in [0.1, 0.15) is 31.8 Å². The molecule has 0 N–H and O–H groups in total. The smallest absolute Gasteiger partial charge is 0.256 e. The molecule has 0 bridgehead atoms. The molecular weight excluding hydrogens is 224 g/mol. The van der Waals surface area contributed by atoms with Gasteiger partial charge in [0.05, 0.1) is 6.10 Å². The van der Waals surface area contributed by atoms with Gasteiger partial charge in [0, 0.05) is 0 Å². The maximum Gasteiger partial charge on any atom is 0.256 e. The van der Waals surface area contributed by atoms with Crippen LogP contribution >= 0.6 is 15.9 Å². The van der Waals surface area contributed by atoms with Gasteiger partial charge in [0.1, 0.15) is 6.10 Å². The average Bonchev–Trinajstić information content (AvgIpc) is 2.58. The highest BCUT2D eigenvalue weighted by atomic mass is 79.9. The SMILES string of the molecule is CC1CCC(c2nc(Br)no2)O1. The van der Waals surface area contributed by atoms with Gasteiger partial charge in [0.15, 0.2) is 0 Å². The van der Waals surface area contributed by atoms with Crippen LogP contribution in [-0.2, 0) is 4.74 Å². The first-order chi connectivity index (χ1) is 5.75. The van der Waals surface area contributed by atoms with Crippen molar-refractivity contribution < 1.29 is 9.26 Å². The Balaban J connectivity index is 2.11. The molecule has 2 rings (SSSR count). The number of halogens is 1. The lowest BCUT2D eigenvalue weighted by Crippen LogP contribution is -2.00. The van der Waals surface area contributed by atoms with E-state index < -0.39 is 0 Å². The van der Waals surface area contributed by atoms with Crippen molar-refractivity contribution in [1.29, 1.82) is 0 Å². The van der Waals surface area contributed by atoms with Gasteiger partial charge < -0.3 is 9.26 Å². The van der Waals surface area contributed by atoms with Gasteiger partial charge in [-0.15, -0.1) is 0 Å². The molecule has 1 aromatic rings. The molecule has 2 unspecified atom stereocenters. The Hall–Kier alpha value is -0.420. The van der Waals surface area contributed by atoms with Crippen molar-refractivity contribution in [2.45, 2.75) is 32.0 Å². The van der Waals surface area contributed by atoms with Crippen LogP contribution in [-0.4, -0.2) is 16.2 Å². The first-order valence-corrected chi connectivity index (χ1v) is 4.69. The summed E-state index contributed by atoms with van der Waals surface area (Å²) in [6.07, 6.45) is 2.33. The molecule has 1 aromatic heterocycles. The van der Waals surface area contributed by atoms with Crippen LogP contribution in [0.2, 0.25) is 0 Å². The first kappa shape index (κ1) is 8.19. The molecule has 2 atom stereocenters. The van der Waals surface area contributed by atoms with Crippen molar-refractivity contribution in [2.75, 3.05) is 0 Å². The lowest BCUT2D eigenvalue weighted by atomic mass is 10.2. The van der Waals surface area contributed by atoms with Crippen molar-refractivity contribution in [3.63, 3.8) is 0 Å². The summed E-state index contributed by atoms with van der Waals surface area (Å²) >= 11 is 3.12. The van der Waals surface area contributed by atoms with Crippen LogP contribution in [0, 0.1) is 0 Å².